The highest BCUT2D eigenvalue weighted by Gasteiger charge is 2.28. The van der Waals surface area contributed by atoms with E-state index in [1.54, 1.807) is 11.6 Å². The first-order chi connectivity index (χ1) is 12.9. The molecule has 0 unspecified atom stereocenters. The Balaban J connectivity index is 1.56. The van der Waals surface area contributed by atoms with E-state index in [-0.39, 0.29) is 16.9 Å². The van der Waals surface area contributed by atoms with Gasteiger partial charge in [-0.05, 0) is 50.5 Å². The van der Waals surface area contributed by atoms with Crippen molar-refractivity contribution in [3.63, 3.8) is 0 Å². The van der Waals surface area contributed by atoms with Crippen LogP contribution in [0.15, 0.2) is 17.2 Å². The number of carbonyl (C=O) groups is 1. The lowest BCUT2D eigenvalue weighted by Crippen LogP contribution is -2.35. The van der Waals surface area contributed by atoms with E-state index in [9.17, 15) is 18.3 Å². The smallest absolute Gasteiger partial charge is 0.267 e. The third-order valence-corrected chi connectivity index (χ3v) is 7.69. The van der Waals surface area contributed by atoms with E-state index < -0.39 is 10.0 Å². The van der Waals surface area contributed by atoms with Crippen LogP contribution in [-0.2, 0) is 17.1 Å². The molecule has 0 bridgehead atoms. The summed E-state index contributed by atoms with van der Waals surface area (Å²) in [5.74, 6) is 0.0859. The minimum atomic E-state index is -3.53. The Bertz CT molecular complexity index is 753. The molecule has 2 atom stereocenters. The number of aryl methyl sites for hydroxylation is 1. The van der Waals surface area contributed by atoms with Crippen LogP contribution in [0.3, 0.4) is 0 Å². The highest BCUT2D eigenvalue weighted by atomic mass is 32.2. The second-order valence-electron chi connectivity index (χ2n) is 7.79. The van der Waals surface area contributed by atoms with Crippen LogP contribution in [0.4, 0.5) is 0 Å². The van der Waals surface area contributed by atoms with Crippen LogP contribution in [0.25, 0.3) is 0 Å². The molecule has 0 radical (unpaired) electrons. The number of sulfonamides is 1. The maximum Gasteiger partial charge on any atom is 0.267 e. The SMILES string of the molecule is Cn1cc(S(=O)(=O)N2CCCCC2)cc1C(=O)NCCC[C@H]1CCC[C@@H]1O. The third-order valence-electron chi connectivity index (χ3n) is 5.82. The van der Waals surface area contributed by atoms with Crippen molar-refractivity contribution in [1.82, 2.24) is 14.2 Å². The molecule has 0 aromatic carbocycles. The highest BCUT2D eigenvalue weighted by molar-refractivity contribution is 7.89. The molecular weight excluding hydrogens is 366 g/mol. The van der Waals surface area contributed by atoms with Gasteiger partial charge in [-0.25, -0.2) is 8.42 Å². The molecule has 2 heterocycles. The van der Waals surface area contributed by atoms with Gasteiger partial charge in [-0.3, -0.25) is 4.79 Å². The first-order valence-corrected chi connectivity index (χ1v) is 11.5. The first kappa shape index (κ1) is 20.4. The van der Waals surface area contributed by atoms with Gasteiger partial charge >= 0.3 is 0 Å². The van der Waals surface area contributed by atoms with E-state index in [2.05, 4.69) is 5.32 Å². The zero-order chi connectivity index (χ0) is 19.4. The molecule has 27 heavy (non-hydrogen) atoms. The van der Waals surface area contributed by atoms with E-state index in [0.29, 0.717) is 31.2 Å². The van der Waals surface area contributed by atoms with Gasteiger partial charge in [-0.1, -0.05) is 12.8 Å². The number of nitrogens with one attached hydrogen (secondary N) is 1. The van der Waals surface area contributed by atoms with Crippen LogP contribution < -0.4 is 5.32 Å². The zero-order valence-corrected chi connectivity index (χ0v) is 16.9. The average Bonchev–Trinajstić information content (AvgIpc) is 3.25. The van der Waals surface area contributed by atoms with Gasteiger partial charge in [0.05, 0.1) is 6.10 Å². The molecule has 1 aliphatic heterocycles. The van der Waals surface area contributed by atoms with Crippen LogP contribution in [0.2, 0.25) is 0 Å². The van der Waals surface area contributed by atoms with Gasteiger partial charge in [0.25, 0.3) is 5.91 Å². The number of aliphatic hydroxyl groups is 1. The summed E-state index contributed by atoms with van der Waals surface area (Å²) in [5.41, 5.74) is 0.353. The summed E-state index contributed by atoms with van der Waals surface area (Å²) in [7, 11) is -1.84. The second-order valence-corrected chi connectivity index (χ2v) is 9.73. The Morgan fingerprint density at radius 2 is 1.96 bits per heavy atom. The van der Waals surface area contributed by atoms with Crippen LogP contribution in [0, 0.1) is 5.92 Å². The molecule has 7 nitrogen and oxygen atoms in total. The molecule has 2 fully saturated rings. The van der Waals surface area contributed by atoms with Gasteiger partial charge < -0.3 is 15.0 Å². The van der Waals surface area contributed by atoms with E-state index in [4.69, 9.17) is 0 Å². The van der Waals surface area contributed by atoms with Gasteiger partial charge in [-0.15, -0.1) is 0 Å². The summed E-state index contributed by atoms with van der Waals surface area (Å²) in [6.07, 6.45) is 8.90. The van der Waals surface area contributed by atoms with Gasteiger partial charge in [-0.2, -0.15) is 4.31 Å². The monoisotopic (exact) mass is 397 g/mol. The number of piperidine rings is 1. The summed E-state index contributed by atoms with van der Waals surface area (Å²) >= 11 is 0. The van der Waals surface area contributed by atoms with E-state index >= 15 is 0 Å². The highest BCUT2D eigenvalue weighted by Crippen LogP contribution is 2.29. The van der Waals surface area contributed by atoms with Crippen LogP contribution in [0.1, 0.15) is 61.9 Å². The zero-order valence-electron chi connectivity index (χ0n) is 16.1. The second kappa shape index (κ2) is 8.75. The molecule has 1 amide bonds. The summed E-state index contributed by atoms with van der Waals surface area (Å²) in [6.45, 7) is 1.62. The topological polar surface area (TPSA) is 91.6 Å². The number of hydrogen-bond donors (Lipinski definition) is 2. The minimum Gasteiger partial charge on any atom is -0.393 e. The van der Waals surface area contributed by atoms with Crippen molar-refractivity contribution in [3.8, 4) is 0 Å². The van der Waals surface area contributed by atoms with Gasteiger partial charge in [0.1, 0.15) is 10.6 Å². The summed E-state index contributed by atoms with van der Waals surface area (Å²) in [4.78, 5) is 12.6. The molecular formula is C19H31N3O4S. The predicted octanol–water partition coefficient (Wildman–Crippen LogP) is 1.87. The largest absolute Gasteiger partial charge is 0.393 e. The van der Waals surface area contributed by atoms with Gasteiger partial charge in [0.2, 0.25) is 10.0 Å². The van der Waals surface area contributed by atoms with Crippen molar-refractivity contribution in [2.75, 3.05) is 19.6 Å². The minimum absolute atomic E-state index is 0.186. The van der Waals surface area contributed by atoms with Crippen molar-refractivity contribution in [1.29, 1.82) is 0 Å². The number of nitrogens with zero attached hydrogens (tertiary/aromatic N) is 2. The maximum absolute atomic E-state index is 12.8. The molecule has 0 spiro atoms. The number of amides is 1. The molecule has 152 valence electrons. The molecule has 1 saturated carbocycles. The fourth-order valence-corrected chi connectivity index (χ4v) is 5.76. The molecule has 3 rings (SSSR count). The lowest BCUT2D eigenvalue weighted by Gasteiger charge is -2.25. The Morgan fingerprint density at radius 3 is 2.63 bits per heavy atom. The summed E-state index contributed by atoms with van der Waals surface area (Å²) < 4.78 is 28.6. The van der Waals surface area contributed by atoms with E-state index in [1.165, 1.54) is 16.6 Å². The number of aliphatic hydroxyl groups excluding tert-OH is 1. The molecule has 1 aromatic rings. The standard InChI is InChI=1S/C19H31N3O4S/c1-21-14-16(27(25,26)22-11-3-2-4-12-22)13-17(21)19(24)20-10-6-8-15-7-5-9-18(15)23/h13-15,18,23H,2-12H2,1H3,(H,20,24)/t15-,18+/m1/s1. The number of hydrogen-bond acceptors (Lipinski definition) is 4. The molecule has 8 heteroatoms. The Labute approximate surface area is 161 Å². The maximum atomic E-state index is 12.8. The Kier molecular flexibility index (Phi) is 6.60. The third kappa shape index (κ3) is 4.73. The summed E-state index contributed by atoms with van der Waals surface area (Å²) in [6, 6.07) is 1.47. The van der Waals surface area contributed by atoms with Crippen LogP contribution in [-0.4, -0.2) is 54.0 Å². The predicted molar refractivity (Wildman–Crippen MR) is 103 cm³/mol. The van der Waals surface area contributed by atoms with Crippen molar-refractivity contribution in [2.24, 2.45) is 13.0 Å². The molecule has 1 saturated heterocycles. The van der Waals surface area contributed by atoms with Crippen molar-refractivity contribution >= 4 is 15.9 Å². The normalized spacial score (nSPS) is 24.2. The van der Waals surface area contributed by atoms with E-state index in [1.807, 2.05) is 0 Å². The Morgan fingerprint density at radius 1 is 1.22 bits per heavy atom. The van der Waals surface area contributed by atoms with Crippen molar-refractivity contribution in [2.45, 2.75) is 62.4 Å². The molecule has 2 N–H and O–H groups in total. The van der Waals surface area contributed by atoms with Gasteiger partial charge in [0, 0.05) is 32.9 Å². The van der Waals surface area contributed by atoms with Crippen LogP contribution >= 0.6 is 0 Å². The number of aromatic nitrogens is 1. The first-order valence-electron chi connectivity index (χ1n) is 10.0. The van der Waals surface area contributed by atoms with Crippen molar-refractivity contribution in [3.05, 3.63) is 18.0 Å². The summed E-state index contributed by atoms with van der Waals surface area (Å²) in [5, 5.41) is 12.7. The van der Waals surface area contributed by atoms with Crippen molar-refractivity contribution < 1.29 is 18.3 Å². The average molecular weight is 398 g/mol. The quantitative estimate of drug-likeness (QED) is 0.687. The molecule has 2 aliphatic rings. The number of carbonyl (C=O) groups excluding carboxylic acids is 1. The lowest BCUT2D eigenvalue weighted by atomic mass is 10.00. The molecule has 1 aromatic heterocycles. The fraction of sp³-hybridized carbons (Fsp3) is 0.737. The fourth-order valence-electron chi connectivity index (χ4n) is 4.17. The van der Waals surface area contributed by atoms with Crippen LogP contribution in [0.5, 0.6) is 0 Å². The van der Waals surface area contributed by atoms with E-state index in [0.717, 1.165) is 51.4 Å². The molecule has 1 aliphatic carbocycles. The lowest BCUT2D eigenvalue weighted by molar-refractivity contribution is 0.0941. The van der Waals surface area contributed by atoms with Gasteiger partial charge in [0.15, 0.2) is 0 Å². The Hall–Kier alpha value is -1.38. The number of rotatable bonds is 7.